The number of hydrogen-bond donors (Lipinski definition) is 1. The van der Waals surface area contributed by atoms with Crippen molar-refractivity contribution in [2.75, 3.05) is 0 Å². The molecule has 0 spiro atoms. The molecule has 0 saturated heterocycles. The van der Waals surface area contributed by atoms with E-state index in [1.165, 1.54) is 12.8 Å². The zero-order chi connectivity index (χ0) is 17.6. The van der Waals surface area contributed by atoms with E-state index in [0.717, 1.165) is 17.1 Å². The van der Waals surface area contributed by atoms with Crippen molar-refractivity contribution in [2.45, 2.75) is 39.2 Å². The molecule has 0 aromatic carbocycles. The fourth-order valence-corrected chi connectivity index (χ4v) is 3.33. The van der Waals surface area contributed by atoms with Crippen molar-refractivity contribution >= 4 is 11.6 Å². The molecule has 0 aliphatic heterocycles. The van der Waals surface area contributed by atoms with Gasteiger partial charge >= 0.3 is 0 Å². The standard InChI is InChI=1S/C20H22N4O/c1-13-12-17(16-6-4-5-10-21-16)22-18-15(9-11-24(13)18)19(25)23-20(2,3)14-7-8-14/h4-6,9-12,14H,7-8H2,1-3H3,(H,23,25). The third kappa shape index (κ3) is 2.90. The molecule has 4 rings (SSSR count). The number of carbonyl (C=O) groups is 1. The molecule has 1 N–H and O–H groups in total. The summed E-state index contributed by atoms with van der Waals surface area (Å²) >= 11 is 0. The Hall–Kier alpha value is -2.69. The minimum absolute atomic E-state index is 0.0653. The molecule has 0 radical (unpaired) electrons. The first-order valence-corrected chi connectivity index (χ1v) is 8.68. The Balaban J connectivity index is 1.75. The molecule has 5 heteroatoms. The monoisotopic (exact) mass is 334 g/mol. The predicted octanol–water partition coefficient (Wildman–Crippen LogP) is 3.62. The smallest absolute Gasteiger partial charge is 0.255 e. The Morgan fingerprint density at radius 1 is 1.24 bits per heavy atom. The highest BCUT2D eigenvalue weighted by molar-refractivity contribution is 6.00. The molecule has 1 amide bonds. The highest BCUT2D eigenvalue weighted by Crippen LogP contribution is 2.39. The van der Waals surface area contributed by atoms with Crippen molar-refractivity contribution in [3.8, 4) is 11.4 Å². The number of fused-ring (bicyclic) bond motifs is 1. The second-order valence-corrected chi connectivity index (χ2v) is 7.37. The summed E-state index contributed by atoms with van der Waals surface area (Å²) in [6.07, 6.45) is 6.02. The Morgan fingerprint density at radius 2 is 2.04 bits per heavy atom. The van der Waals surface area contributed by atoms with Gasteiger partial charge in [0.05, 0.1) is 17.0 Å². The number of nitrogens with zero attached hydrogens (tertiary/aromatic N) is 3. The van der Waals surface area contributed by atoms with Crippen LogP contribution in [0.2, 0.25) is 0 Å². The van der Waals surface area contributed by atoms with Crippen LogP contribution in [0.15, 0.2) is 42.7 Å². The molecule has 1 fully saturated rings. The topological polar surface area (TPSA) is 59.3 Å². The van der Waals surface area contributed by atoms with Crippen molar-refractivity contribution in [3.63, 3.8) is 0 Å². The van der Waals surface area contributed by atoms with Gasteiger partial charge in [-0.05, 0) is 63.8 Å². The molecule has 0 unspecified atom stereocenters. The predicted molar refractivity (Wildman–Crippen MR) is 97.4 cm³/mol. The van der Waals surface area contributed by atoms with Gasteiger partial charge in [0.1, 0.15) is 0 Å². The van der Waals surface area contributed by atoms with Gasteiger partial charge in [-0.2, -0.15) is 0 Å². The van der Waals surface area contributed by atoms with Crippen LogP contribution in [-0.4, -0.2) is 25.8 Å². The third-order valence-electron chi connectivity index (χ3n) is 5.02. The number of carbonyl (C=O) groups excluding carboxylic acids is 1. The van der Waals surface area contributed by atoms with Crippen LogP contribution < -0.4 is 5.32 Å². The molecule has 5 nitrogen and oxygen atoms in total. The van der Waals surface area contributed by atoms with Gasteiger partial charge in [-0.15, -0.1) is 0 Å². The highest BCUT2D eigenvalue weighted by Gasteiger charge is 2.39. The minimum atomic E-state index is -0.182. The van der Waals surface area contributed by atoms with E-state index in [2.05, 4.69) is 24.1 Å². The lowest BCUT2D eigenvalue weighted by Crippen LogP contribution is -2.45. The van der Waals surface area contributed by atoms with E-state index in [4.69, 9.17) is 4.98 Å². The average Bonchev–Trinajstić information content (AvgIpc) is 3.36. The normalized spacial score (nSPS) is 14.7. The summed E-state index contributed by atoms with van der Waals surface area (Å²) in [7, 11) is 0. The Bertz CT molecular complexity index is 939. The molecule has 128 valence electrons. The van der Waals surface area contributed by atoms with Crippen molar-refractivity contribution in [1.82, 2.24) is 19.7 Å². The van der Waals surface area contributed by atoms with Crippen LogP contribution in [-0.2, 0) is 0 Å². The van der Waals surface area contributed by atoms with Crippen LogP contribution in [0.4, 0.5) is 0 Å². The third-order valence-corrected chi connectivity index (χ3v) is 5.02. The number of amides is 1. The summed E-state index contributed by atoms with van der Waals surface area (Å²) in [6.45, 7) is 6.20. The van der Waals surface area contributed by atoms with E-state index in [1.807, 2.05) is 47.9 Å². The summed E-state index contributed by atoms with van der Waals surface area (Å²) in [6, 6.07) is 9.58. The van der Waals surface area contributed by atoms with Gasteiger partial charge in [-0.1, -0.05) is 6.07 Å². The average molecular weight is 334 g/mol. The molecule has 3 aromatic heterocycles. The summed E-state index contributed by atoms with van der Waals surface area (Å²) < 4.78 is 1.95. The maximum atomic E-state index is 12.8. The first kappa shape index (κ1) is 15.8. The van der Waals surface area contributed by atoms with Crippen LogP contribution in [0.1, 0.15) is 42.7 Å². The molecule has 1 aliphatic carbocycles. The second-order valence-electron chi connectivity index (χ2n) is 7.37. The molecular formula is C20H22N4O. The summed E-state index contributed by atoms with van der Waals surface area (Å²) in [5.74, 6) is 0.508. The molecular weight excluding hydrogens is 312 g/mol. The SMILES string of the molecule is Cc1cc(-c2ccccn2)nc2c(C(=O)NC(C)(C)C3CC3)ccn12. The first-order chi connectivity index (χ1) is 12.0. The Labute approximate surface area is 147 Å². The van der Waals surface area contributed by atoms with Crippen LogP contribution in [0.3, 0.4) is 0 Å². The van der Waals surface area contributed by atoms with E-state index in [-0.39, 0.29) is 11.4 Å². The molecule has 1 aliphatic rings. The minimum Gasteiger partial charge on any atom is -0.347 e. The zero-order valence-corrected chi connectivity index (χ0v) is 14.8. The van der Waals surface area contributed by atoms with Gasteiger partial charge in [-0.25, -0.2) is 4.98 Å². The van der Waals surface area contributed by atoms with E-state index in [0.29, 0.717) is 17.1 Å². The molecule has 0 bridgehead atoms. The molecule has 3 aromatic rings. The van der Waals surface area contributed by atoms with Crippen molar-refractivity contribution in [2.24, 2.45) is 5.92 Å². The lowest BCUT2D eigenvalue weighted by Gasteiger charge is -2.26. The number of aryl methyl sites for hydroxylation is 1. The summed E-state index contributed by atoms with van der Waals surface area (Å²) in [4.78, 5) is 21.9. The first-order valence-electron chi connectivity index (χ1n) is 8.68. The zero-order valence-electron chi connectivity index (χ0n) is 14.8. The van der Waals surface area contributed by atoms with Crippen LogP contribution in [0.25, 0.3) is 17.0 Å². The van der Waals surface area contributed by atoms with Gasteiger partial charge < -0.3 is 9.72 Å². The molecule has 25 heavy (non-hydrogen) atoms. The fraction of sp³-hybridized carbons (Fsp3) is 0.350. The number of nitrogens with one attached hydrogen (secondary N) is 1. The molecule has 1 saturated carbocycles. The van der Waals surface area contributed by atoms with E-state index < -0.39 is 0 Å². The summed E-state index contributed by atoms with van der Waals surface area (Å²) in [5.41, 5.74) is 3.70. The van der Waals surface area contributed by atoms with Crippen LogP contribution in [0.5, 0.6) is 0 Å². The van der Waals surface area contributed by atoms with Crippen LogP contribution >= 0.6 is 0 Å². The largest absolute Gasteiger partial charge is 0.347 e. The number of hydrogen-bond acceptors (Lipinski definition) is 3. The maximum absolute atomic E-state index is 12.8. The van der Waals surface area contributed by atoms with Crippen molar-refractivity contribution < 1.29 is 4.79 Å². The summed E-state index contributed by atoms with van der Waals surface area (Å²) in [5, 5.41) is 3.18. The molecule has 3 heterocycles. The van der Waals surface area contributed by atoms with E-state index in [9.17, 15) is 4.79 Å². The number of rotatable bonds is 4. The second kappa shape index (κ2) is 5.69. The van der Waals surface area contributed by atoms with E-state index in [1.54, 1.807) is 6.20 Å². The Morgan fingerprint density at radius 3 is 2.72 bits per heavy atom. The quantitative estimate of drug-likeness (QED) is 0.793. The van der Waals surface area contributed by atoms with E-state index >= 15 is 0 Å². The van der Waals surface area contributed by atoms with Gasteiger partial charge in [0.25, 0.3) is 5.91 Å². The van der Waals surface area contributed by atoms with Gasteiger partial charge in [0.15, 0.2) is 5.65 Å². The van der Waals surface area contributed by atoms with Gasteiger partial charge in [0, 0.05) is 23.6 Å². The van der Waals surface area contributed by atoms with Crippen molar-refractivity contribution in [1.29, 1.82) is 0 Å². The molecule has 0 atom stereocenters. The van der Waals surface area contributed by atoms with Gasteiger partial charge in [-0.3, -0.25) is 9.78 Å². The highest BCUT2D eigenvalue weighted by atomic mass is 16.1. The number of aromatic nitrogens is 3. The van der Waals surface area contributed by atoms with Crippen molar-refractivity contribution in [3.05, 3.63) is 54.0 Å². The lowest BCUT2D eigenvalue weighted by molar-refractivity contribution is 0.0905. The number of pyridine rings is 1. The van der Waals surface area contributed by atoms with Gasteiger partial charge in [0.2, 0.25) is 0 Å². The Kier molecular flexibility index (Phi) is 3.60. The fourth-order valence-electron chi connectivity index (χ4n) is 3.33. The lowest BCUT2D eigenvalue weighted by atomic mass is 9.98. The maximum Gasteiger partial charge on any atom is 0.255 e. The van der Waals surface area contributed by atoms with Crippen LogP contribution in [0, 0.1) is 12.8 Å².